The molecule has 0 amide bonds. The van der Waals surface area contributed by atoms with E-state index in [2.05, 4.69) is 123 Å². The standard InChI is InChI=1S/C33H40N2S/c1-20-15-21(2)22(3)27(16-20)30-32-29(28(19-34(30)7)35(8,9)10)26-14-12-24-17-23(18-33(4,5)6)11-13-25(24)31(26)36-32/h11-17,19H,18H2,1-10H3/q+2. The monoisotopic (exact) mass is 496 g/mol. The van der Waals surface area contributed by atoms with Gasteiger partial charge in [0.05, 0.1) is 32.1 Å². The van der Waals surface area contributed by atoms with Gasteiger partial charge in [0.25, 0.3) is 0 Å². The second kappa shape index (κ2) is 8.39. The molecule has 0 saturated heterocycles. The molecule has 2 nitrogen and oxygen atoms in total. The molecular weight excluding hydrogens is 456 g/mol. The topological polar surface area (TPSA) is 3.88 Å². The van der Waals surface area contributed by atoms with Crippen molar-refractivity contribution in [2.75, 3.05) is 21.1 Å². The van der Waals surface area contributed by atoms with Crippen LogP contribution in [-0.2, 0) is 13.5 Å². The first-order valence-corrected chi connectivity index (χ1v) is 13.8. The fourth-order valence-electron chi connectivity index (χ4n) is 5.66. The predicted molar refractivity (Wildman–Crippen MR) is 160 cm³/mol. The van der Waals surface area contributed by atoms with E-state index in [-0.39, 0.29) is 5.41 Å². The zero-order valence-electron chi connectivity index (χ0n) is 23.6. The maximum atomic E-state index is 2.40. The number of benzene rings is 3. The molecule has 36 heavy (non-hydrogen) atoms. The summed E-state index contributed by atoms with van der Waals surface area (Å²) < 4.78 is 5.93. The molecule has 3 aromatic carbocycles. The summed E-state index contributed by atoms with van der Waals surface area (Å²) >= 11 is 1.97. The number of aromatic nitrogens is 1. The lowest BCUT2D eigenvalue weighted by Crippen LogP contribution is -2.39. The maximum Gasteiger partial charge on any atom is 0.231 e. The van der Waals surface area contributed by atoms with Gasteiger partial charge in [-0.1, -0.05) is 62.7 Å². The number of aryl methyl sites for hydroxylation is 3. The Labute approximate surface area is 220 Å². The molecule has 0 aliphatic rings. The third-order valence-corrected chi connectivity index (χ3v) is 8.64. The first-order valence-electron chi connectivity index (χ1n) is 13.0. The second-order valence-corrected chi connectivity index (χ2v) is 13.8. The lowest BCUT2D eigenvalue weighted by Gasteiger charge is -2.23. The molecule has 2 heterocycles. The molecule has 0 saturated carbocycles. The molecule has 0 bridgehead atoms. The van der Waals surface area contributed by atoms with E-state index in [1.807, 2.05) is 11.3 Å². The molecule has 5 aromatic rings. The summed E-state index contributed by atoms with van der Waals surface area (Å²) in [5, 5.41) is 5.48. The Balaban J connectivity index is 1.90. The average Bonchev–Trinajstić information content (AvgIpc) is 3.13. The Kier molecular flexibility index (Phi) is 5.81. The minimum Gasteiger partial charge on any atom is -0.293 e. The summed E-state index contributed by atoms with van der Waals surface area (Å²) in [6.45, 7) is 13.7. The van der Waals surface area contributed by atoms with Gasteiger partial charge in [0.15, 0.2) is 0 Å². The molecule has 3 heteroatoms. The van der Waals surface area contributed by atoms with Crippen molar-refractivity contribution in [2.24, 2.45) is 12.5 Å². The number of quaternary nitrogens is 1. The molecular formula is C33H40N2S+2. The van der Waals surface area contributed by atoms with Crippen molar-refractivity contribution < 1.29 is 4.57 Å². The number of fused-ring (bicyclic) bond motifs is 5. The van der Waals surface area contributed by atoms with Crippen molar-refractivity contribution in [1.29, 1.82) is 0 Å². The molecule has 0 spiro atoms. The van der Waals surface area contributed by atoms with Gasteiger partial charge in [-0.15, -0.1) is 11.3 Å². The number of nitrogens with zero attached hydrogens (tertiary/aromatic N) is 2. The molecule has 0 fully saturated rings. The van der Waals surface area contributed by atoms with E-state index in [1.165, 1.54) is 70.1 Å². The smallest absolute Gasteiger partial charge is 0.231 e. The Morgan fingerprint density at radius 3 is 2.22 bits per heavy atom. The number of hydrogen-bond donors (Lipinski definition) is 0. The number of hydrogen-bond acceptors (Lipinski definition) is 1. The van der Waals surface area contributed by atoms with Crippen LogP contribution < -0.4 is 9.05 Å². The van der Waals surface area contributed by atoms with E-state index >= 15 is 0 Å². The van der Waals surface area contributed by atoms with E-state index in [9.17, 15) is 0 Å². The van der Waals surface area contributed by atoms with Crippen LogP contribution in [0, 0.1) is 26.2 Å². The van der Waals surface area contributed by atoms with Gasteiger partial charge in [-0.25, -0.2) is 0 Å². The van der Waals surface area contributed by atoms with Crippen LogP contribution >= 0.6 is 11.3 Å². The first-order chi connectivity index (χ1) is 16.7. The zero-order valence-corrected chi connectivity index (χ0v) is 24.4. The molecule has 0 aliphatic carbocycles. The van der Waals surface area contributed by atoms with Crippen LogP contribution in [0.2, 0.25) is 0 Å². The van der Waals surface area contributed by atoms with Gasteiger partial charge in [-0.05, 0) is 66.1 Å². The fraction of sp³-hybridized carbons (Fsp3) is 0.364. The van der Waals surface area contributed by atoms with Crippen molar-refractivity contribution in [2.45, 2.75) is 48.0 Å². The van der Waals surface area contributed by atoms with Crippen LogP contribution in [0.15, 0.2) is 48.7 Å². The van der Waals surface area contributed by atoms with Crippen LogP contribution in [0.5, 0.6) is 0 Å². The van der Waals surface area contributed by atoms with E-state index in [1.54, 1.807) is 0 Å². The number of rotatable bonds is 3. The summed E-state index contributed by atoms with van der Waals surface area (Å²) in [6, 6.07) is 16.5. The number of thiophene rings is 1. The van der Waals surface area contributed by atoms with Gasteiger partial charge in [-0.3, -0.25) is 4.48 Å². The van der Waals surface area contributed by atoms with E-state index in [0.717, 1.165) is 10.9 Å². The number of pyridine rings is 1. The third kappa shape index (κ3) is 4.23. The van der Waals surface area contributed by atoms with Crippen LogP contribution in [0.25, 0.3) is 42.2 Å². The lowest BCUT2D eigenvalue weighted by molar-refractivity contribution is -0.658. The normalized spacial score (nSPS) is 12.8. The molecule has 186 valence electrons. The van der Waals surface area contributed by atoms with Crippen molar-refractivity contribution in [3.05, 3.63) is 70.9 Å². The Morgan fingerprint density at radius 1 is 0.861 bits per heavy atom. The van der Waals surface area contributed by atoms with Crippen molar-refractivity contribution in [1.82, 2.24) is 4.48 Å². The second-order valence-electron chi connectivity index (χ2n) is 12.8. The summed E-state index contributed by atoms with van der Waals surface area (Å²) in [4.78, 5) is 0. The largest absolute Gasteiger partial charge is 0.293 e. The Bertz CT molecular complexity index is 1660. The highest BCUT2D eigenvalue weighted by Gasteiger charge is 2.30. The first kappa shape index (κ1) is 24.9. The molecule has 5 rings (SSSR count). The van der Waals surface area contributed by atoms with Gasteiger partial charge < -0.3 is 0 Å². The Hall–Kier alpha value is -2.75. The molecule has 2 aromatic heterocycles. The van der Waals surface area contributed by atoms with Crippen LogP contribution in [-0.4, -0.2) is 21.1 Å². The van der Waals surface area contributed by atoms with Crippen molar-refractivity contribution in [3.63, 3.8) is 0 Å². The molecule has 0 N–H and O–H groups in total. The maximum absolute atomic E-state index is 2.40. The lowest BCUT2D eigenvalue weighted by atomic mass is 9.87. The van der Waals surface area contributed by atoms with Crippen LogP contribution in [0.4, 0.5) is 5.69 Å². The van der Waals surface area contributed by atoms with E-state index in [4.69, 9.17) is 0 Å². The minimum atomic E-state index is 0.280. The van der Waals surface area contributed by atoms with Gasteiger partial charge in [0, 0.05) is 10.1 Å². The van der Waals surface area contributed by atoms with Gasteiger partial charge >= 0.3 is 0 Å². The quantitative estimate of drug-likeness (QED) is 0.174. The van der Waals surface area contributed by atoms with E-state index in [0.29, 0.717) is 0 Å². The van der Waals surface area contributed by atoms with Crippen molar-refractivity contribution >= 4 is 48.0 Å². The fourth-order valence-corrected chi connectivity index (χ4v) is 7.10. The summed E-state index contributed by atoms with van der Waals surface area (Å²) in [5.41, 5.74) is 9.75. The minimum absolute atomic E-state index is 0.280. The molecule has 0 radical (unpaired) electrons. The highest BCUT2D eigenvalue weighted by Crippen LogP contribution is 2.46. The predicted octanol–water partition coefficient (Wildman–Crippen LogP) is 8.41. The average molecular weight is 497 g/mol. The Morgan fingerprint density at radius 2 is 1.56 bits per heavy atom. The molecule has 0 unspecified atom stereocenters. The van der Waals surface area contributed by atoms with Gasteiger partial charge in [0.2, 0.25) is 17.6 Å². The molecule has 0 atom stereocenters. The van der Waals surface area contributed by atoms with Gasteiger partial charge in [0.1, 0.15) is 11.7 Å². The van der Waals surface area contributed by atoms with Crippen LogP contribution in [0.1, 0.15) is 43.0 Å². The SMILES string of the molecule is Cc1cc(C)c(C)c(-c2c3sc4c5ccc(CC(C)(C)C)cc5ccc4c3c([N+](C)(C)C)c[n+]2C)c1. The van der Waals surface area contributed by atoms with Crippen LogP contribution in [0.3, 0.4) is 0 Å². The van der Waals surface area contributed by atoms with Gasteiger partial charge in [-0.2, -0.15) is 4.57 Å². The summed E-state index contributed by atoms with van der Waals surface area (Å²) in [7, 11) is 9.05. The molecule has 0 aliphatic heterocycles. The van der Waals surface area contributed by atoms with E-state index < -0.39 is 0 Å². The van der Waals surface area contributed by atoms with Crippen molar-refractivity contribution in [3.8, 4) is 11.3 Å². The highest BCUT2D eigenvalue weighted by atomic mass is 32.1. The summed E-state index contributed by atoms with van der Waals surface area (Å²) in [5.74, 6) is 0. The zero-order chi connectivity index (χ0) is 26.2. The third-order valence-electron chi connectivity index (χ3n) is 7.40. The highest BCUT2D eigenvalue weighted by molar-refractivity contribution is 7.27. The summed E-state index contributed by atoms with van der Waals surface area (Å²) in [6.07, 6.45) is 3.45.